The molecule has 0 spiro atoms. The molecule has 96 valence electrons. The average molecular weight is 253 g/mol. The largest absolute Gasteiger partial charge is 0.373 e. The van der Waals surface area contributed by atoms with Gasteiger partial charge in [0.1, 0.15) is 0 Å². The first-order chi connectivity index (χ1) is 7.49. The summed E-state index contributed by atoms with van der Waals surface area (Å²) in [6.07, 6.45) is 0.540. The van der Waals surface area contributed by atoms with Crippen LogP contribution in [0.2, 0.25) is 0 Å². The Bertz CT molecular complexity index is 248. The van der Waals surface area contributed by atoms with E-state index in [0.29, 0.717) is 19.6 Å². The highest BCUT2D eigenvalue weighted by molar-refractivity contribution is 7.53. The topological polar surface area (TPSA) is 87.9 Å². The molecule has 0 heterocycles. The van der Waals surface area contributed by atoms with Gasteiger partial charge in [-0.05, 0) is 20.3 Å². The number of carbonyl (C=O) groups excluding carboxylic acids is 1. The molecule has 1 atom stereocenters. The summed E-state index contributed by atoms with van der Waals surface area (Å²) in [5.74, 6) is 3.80. The van der Waals surface area contributed by atoms with Gasteiger partial charge < -0.3 is 13.9 Å². The third kappa shape index (κ3) is 5.61. The lowest BCUT2D eigenvalue weighted by molar-refractivity contribution is -0.148. The van der Waals surface area contributed by atoms with Crippen molar-refractivity contribution in [2.24, 2.45) is 11.8 Å². The van der Waals surface area contributed by atoms with Gasteiger partial charge >= 0.3 is 13.6 Å². The van der Waals surface area contributed by atoms with Crippen LogP contribution in [0.4, 0.5) is 0 Å². The zero-order chi connectivity index (χ0) is 12.6. The van der Waals surface area contributed by atoms with Crippen LogP contribution in [0.25, 0.3) is 0 Å². The highest BCUT2D eigenvalue weighted by atomic mass is 31.2. The maximum absolute atomic E-state index is 12.0. The molecular formula is C9H20NO5P. The van der Waals surface area contributed by atoms with Crippen molar-refractivity contribution < 1.29 is 23.2 Å². The van der Waals surface area contributed by atoms with Crippen molar-refractivity contribution in [2.45, 2.75) is 27.2 Å². The summed E-state index contributed by atoms with van der Waals surface area (Å²) in [5, 5.41) is 0. The van der Waals surface area contributed by atoms with Crippen molar-refractivity contribution >= 4 is 13.6 Å². The quantitative estimate of drug-likeness (QED) is 0.523. The third-order valence-corrected chi connectivity index (χ3v) is 4.12. The minimum Gasteiger partial charge on any atom is -0.373 e. The molecule has 0 aromatic rings. The van der Waals surface area contributed by atoms with E-state index in [1.807, 2.05) is 0 Å². The van der Waals surface area contributed by atoms with Gasteiger partial charge in [-0.2, -0.15) is 5.90 Å². The van der Waals surface area contributed by atoms with Crippen molar-refractivity contribution in [1.29, 1.82) is 0 Å². The normalized spacial score (nSPS) is 13.5. The van der Waals surface area contributed by atoms with Gasteiger partial charge in [0.2, 0.25) is 0 Å². The van der Waals surface area contributed by atoms with Gasteiger partial charge in [-0.15, -0.1) is 0 Å². The lowest BCUT2D eigenvalue weighted by Crippen LogP contribution is -2.19. The highest BCUT2D eigenvalue weighted by Gasteiger charge is 2.26. The van der Waals surface area contributed by atoms with Gasteiger partial charge in [-0.3, -0.25) is 9.36 Å². The molecule has 0 aromatic heterocycles. The first kappa shape index (κ1) is 15.6. The lowest BCUT2D eigenvalue weighted by Gasteiger charge is -2.18. The fraction of sp³-hybridized carbons (Fsp3) is 0.889. The van der Waals surface area contributed by atoms with Crippen LogP contribution in [0.5, 0.6) is 0 Å². The number of nitrogens with two attached hydrogens (primary N) is 1. The van der Waals surface area contributed by atoms with Gasteiger partial charge in [0.15, 0.2) is 0 Å². The molecule has 0 amide bonds. The summed E-state index contributed by atoms with van der Waals surface area (Å²) >= 11 is 0. The highest BCUT2D eigenvalue weighted by Crippen LogP contribution is 2.49. The Kier molecular flexibility index (Phi) is 7.58. The van der Waals surface area contributed by atoms with Crippen LogP contribution in [0.15, 0.2) is 0 Å². The molecule has 0 aromatic carbocycles. The molecule has 0 saturated carbocycles. The first-order valence-electron chi connectivity index (χ1n) is 5.27. The molecule has 0 rings (SSSR count). The zero-order valence-corrected chi connectivity index (χ0v) is 10.9. The maximum atomic E-state index is 12.0. The Balaban J connectivity index is 4.21. The summed E-state index contributed by atoms with van der Waals surface area (Å²) < 4.78 is 22.2. The van der Waals surface area contributed by atoms with Crippen molar-refractivity contribution in [2.75, 3.05) is 19.4 Å². The molecule has 0 aliphatic heterocycles. The fourth-order valence-electron chi connectivity index (χ4n) is 1.15. The molecule has 2 N–H and O–H groups in total. The number of carbonyl (C=O) groups is 1. The maximum Gasteiger partial charge on any atom is 0.330 e. The number of hydrogen-bond acceptors (Lipinski definition) is 6. The fourth-order valence-corrected chi connectivity index (χ4v) is 2.97. The molecule has 16 heavy (non-hydrogen) atoms. The standard InChI is InChI=1S/C9H20NO5P/c1-4-13-16(12,14-5-2)7-6-8(3)9(11)15-10/h8H,4-7,10H2,1-3H3. The van der Waals surface area contributed by atoms with Crippen molar-refractivity contribution in [3.63, 3.8) is 0 Å². The minimum absolute atomic E-state index is 0.185. The molecule has 1 unspecified atom stereocenters. The van der Waals surface area contributed by atoms with Crippen LogP contribution in [-0.4, -0.2) is 25.3 Å². The van der Waals surface area contributed by atoms with E-state index >= 15 is 0 Å². The molecule has 0 bridgehead atoms. The van der Waals surface area contributed by atoms with Crippen molar-refractivity contribution in [3.8, 4) is 0 Å². The summed E-state index contributed by atoms with van der Waals surface area (Å²) in [4.78, 5) is 15.1. The Morgan fingerprint density at radius 2 is 1.81 bits per heavy atom. The van der Waals surface area contributed by atoms with Gasteiger partial charge in [-0.1, -0.05) is 6.92 Å². The molecule has 0 aliphatic rings. The van der Waals surface area contributed by atoms with E-state index in [2.05, 4.69) is 4.84 Å². The summed E-state index contributed by atoms with van der Waals surface area (Å²) in [5.41, 5.74) is 0. The Labute approximate surface area is 95.9 Å². The number of rotatable bonds is 8. The SMILES string of the molecule is CCOP(=O)(CCC(C)C(=O)ON)OCC. The molecule has 0 aliphatic carbocycles. The predicted octanol–water partition coefficient (Wildman–Crippen LogP) is 1.70. The van der Waals surface area contributed by atoms with Crippen LogP contribution in [0, 0.1) is 5.92 Å². The predicted molar refractivity (Wildman–Crippen MR) is 59.8 cm³/mol. The molecular weight excluding hydrogens is 233 g/mol. The smallest absolute Gasteiger partial charge is 0.330 e. The molecule has 0 fully saturated rings. The molecule has 0 saturated heterocycles. The second-order valence-electron chi connectivity index (χ2n) is 3.30. The summed E-state index contributed by atoms with van der Waals surface area (Å²) in [6.45, 7) is 5.75. The second-order valence-corrected chi connectivity index (χ2v) is 5.48. The van der Waals surface area contributed by atoms with Crippen molar-refractivity contribution in [3.05, 3.63) is 0 Å². The van der Waals surface area contributed by atoms with Gasteiger partial charge in [-0.25, -0.2) is 0 Å². The van der Waals surface area contributed by atoms with Gasteiger partial charge in [0.25, 0.3) is 0 Å². The molecule has 0 radical (unpaired) electrons. The lowest BCUT2D eigenvalue weighted by atomic mass is 10.1. The van der Waals surface area contributed by atoms with Crippen LogP contribution < -0.4 is 5.90 Å². The van der Waals surface area contributed by atoms with Crippen LogP contribution in [0.3, 0.4) is 0 Å². The van der Waals surface area contributed by atoms with Gasteiger partial charge in [0.05, 0.1) is 25.3 Å². The molecule has 6 nitrogen and oxygen atoms in total. The van der Waals surface area contributed by atoms with E-state index in [0.717, 1.165) is 0 Å². The van der Waals surface area contributed by atoms with Crippen LogP contribution >= 0.6 is 7.60 Å². The van der Waals surface area contributed by atoms with Crippen LogP contribution in [0.1, 0.15) is 27.2 Å². The van der Waals surface area contributed by atoms with Crippen LogP contribution in [-0.2, 0) is 23.2 Å². The van der Waals surface area contributed by atoms with E-state index in [1.165, 1.54) is 0 Å². The van der Waals surface area contributed by atoms with E-state index in [4.69, 9.17) is 14.9 Å². The van der Waals surface area contributed by atoms with Gasteiger partial charge in [0, 0.05) is 0 Å². The Hall–Kier alpha value is -0.420. The monoisotopic (exact) mass is 253 g/mol. The summed E-state index contributed by atoms with van der Waals surface area (Å²) in [6, 6.07) is 0. The summed E-state index contributed by atoms with van der Waals surface area (Å²) in [7, 11) is -3.07. The minimum atomic E-state index is -3.07. The molecule has 7 heteroatoms. The van der Waals surface area contributed by atoms with E-state index in [-0.39, 0.29) is 6.16 Å². The third-order valence-electron chi connectivity index (χ3n) is 2.01. The first-order valence-corrected chi connectivity index (χ1v) is 7.00. The van der Waals surface area contributed by atoms with E-state index in [9.17, 15) is 9.36 Å². The Morgan fingerprint density at radius 1 is 1.31 bits per heavy atom. The van der Waals surface area contributed by atoms with Crippen molar-refractivity contribution in [1.82, 2.24) is 0 Å². The Morgan fingerprint density at radius 3 is 2.19 bits per heavy atom. The van der Waals surface area contributed by atoms with E-state index in [1.54, 1.807) is 20.8 Å². The van der Waals surface area contributed by atoms with E-state index < -0.39 is 19.5 Å². The average Bonchev–Trinajstić information content (AvgIpc) is 2.25. The number of hydrogen-bond donors (Lipinski definition) is 1. The zero-order valence-electron chi connectivity index (χ0n) is 9.97. The second kappa shape index (κ2) is 7.79.